The summed E-state index contributed by atoms with van der Waals surface area (Å²) in [5, 5.41) is 8.04. The van der Waals surface area contributed by atoms with E-state index in [2.05, 4.69) is 26.4 Å². The van der Waals surface area contributed by atoms with Crippen LogP contribution in [-0.2, 0) is 4.74 Å². The number of fused-ring (bicyclic) bond motifs is 1. The Hall–Kier alpha value is -1.66. The first kappa shape index (κ1) is 15.2. The molecule has 1 N–H and O–H groups in total. The van der Waals surface area contributed by atoms with Crippen LogP contribution < -0.4 is 5.32 Å². The van der Waals surface area contributed by atoms with Crippen molar-refractivity contribution >= 4 is 11.3 Å². The van der Waals surface area contributed by atoms with Crippen LogP contribution in [0.4, 0.5) is 5.82 Å². The summed E-state index contributed by atoms with van der Waals surface area (Å²) in [7, 11) is 1.77. The highest BCUT2D eigenvalue weighted by Gasteiger charge is 2.19. The van der Waals surface area contributed by atoms with Crippen LogP contribution in [0.3, 0.4) is 0 Å². The largest absolute Gasteiger partial charge is 0.385 e. The standard InChI is InChI=1S/C16H25N5O/c1-13-12-15-16(17-6-10-21(15)19-13)18-14-4-8-20(9-5-14)7-3-11-22-2/h6,10,12,14H,3-5,7-9,11H2,1-2H3,(H,17,18). The number of hydrogen-bond acceptors (Lipinski definition) is 5. The summed E-state index contributed by atoms with van der Waals surface area (Å²) in [6.07, 6.45) is 7.13. The molecular formula is C16H25N5O. The molecule has 1 fully saturated rings. The minimum absolute atomic E-state index is 0.493. The lowest BCUT2D eigenvalue weighted by Crippen LogP contribution is -2.39. The first-order valence-electron chi connectivity index (χ1n) is 8.05. The molecule has 0 aliphatic carbocycles. The van der Waals surface area contributed by atoms with Crippen molar-refractivity contribution in [2.75, 3.05) is 38.7 Å². The molecular weight excluding hydrogens is 278 g/mol. The van der Waals surface area contributed by atoms with Gasteiger partial charge in [0.25, 0.3) is 0 Å². The third-order valence-electron chi connectivity index (χ3n) is 4.26. The Bertz CT molecular complexity index is 604. The molecule has 0 atom stereocenters. The van der Waals surface area contributed by atoms with Gasteiger partial charge in [0.15, 0.2) is 5.82 Å². The Labute approximate surface area is 131 Å². The molecule has 1 aliphatic heterocycles. The number of anilines is 1. The Morgan fingerprint density at radius 1 is 1.36 bits per heavy atom. The zero-order valence-corrected chi connectivity index (χ0v) is 13.5. The van der Waals surface area contributed by atoms with Gasteiger partial charge in [-0.3, -0.25) is 0 Å². The summed E-state index contributed by atoms with van der Waals surface area (Å²) in [5.41, 5.74) is 2.08. The second kappa shape index (κ2) is 7.07. The molecule has 0 bridgehead atoms. The number of aryl methyl sites for hydroxylation is 1. The molecule has 22 heavy (non-hydrogen) atoms. The van der Waals surface area contributed by atoms with E-state index < -0.39 is 0 Å². The van der Waals surface area contributed by atoms with Crippen molar-refractivity contribution in [3.63, 3.8) is 0 Å². The lowest BCUT2D eigenvalue weighted by molar-refractivity contribution is 0.159. The van der Waals surface area contributed by atoms with E-state index in [0.29, 0.717) is 6.04 Å². The lowest BCUT2D eigenvalue weighted by atomic mass is 10.0. The average molecular weight is 303 g/mol. The fraction of sp³-hybridized carbons (Fsp3) is 0.625. The van der Waals surface area contributed by atoms with Crippen molar-refractivity contribution in [3.05, 3.63) is 24.2 Å². The number of hydrogen-bond donors (Lipinski definition) is 1. The lowest BCUT2D eigenvalue weighted by Gasteiger charge is -2.32. The van der Waals surface area contributed by atoms with E-state index in [0.717, 1.165) is 62.5 Å². The average Bonchev–Trinajstić information content (AvgIpc) is 2.91. The van der Waals surface area contributed by atoms with Crippen molar-refractivity contribution in [2.24, 2.45) is 0 Å². The van der Waals surface area contributed by atoms with Crippen molar-refractivity contribution in [2.45, 2.75) is 32.2 Å². The zero-order chi connectivity index (χ0) is 15.4. The predicted octanol–water partition coefficient (Wildman–Crippen LogP) is 1.95. The molecule has 0 spiro atoms. The van der Waals surface area contributed by atoms with Crippen molar-refractivity contribution < 1.29 is 4.74 Å². The van der Waals surface area contributed by atoms with Gasteiger partial charge in [-0.1, -0.05) is 0 Å². The third kappa shape index (κ3) is 3.56. The SMILES string of the molecule is COCCCN1CCC(Nc2nccn3nc(C)cc23)CC1. The van der Waals surface area contributed by atoms with Gasteiger partial charge in [-0.15, -0.1) is 0 Å². The molecule has 6 heteroatoms. The molecule has 3 heterocycles. The van der Waals surface area contributed by atoms with Gasteiger partial charge in [-0.25, -0.2) is 9.50 Å². The quantitative estimate of drug-likeness (QED) is 0.827. The number of nitrogens with one attached hydrogen (secondary N) is 1. The minimum atomic E-state index is 0.493. The van der Waals surface area contributed by atoms with Gasteiger partial charge in [-0.05, 0) is 32.3 Å². The molecule has 0 aromatic carbocycles. The minimum Gasteiger partial charge on any atom is -0.385 e. The third-order valence-corrected chi connectivity index (χ3v) is 4.26. The number of nitrogens with zero attached hydrogens (tertiary/aromatic N) is 4. The topological polar surface area (TPSA) is 54.7 Å². The summed E-state index contributed by atoms with van der Waals surface area (Å²) in [6, 6.07) is 2.57. The Morgan fingerprint density at radius 3 is 2.95 bits per heavy atom. The van der Waals surface area contributed by atoms with Crippen LogP contribution in [0.5, 0.6) is 0 Å². The summed E-state index contributed by atoms with van der Waals surface area (Å²) in [5.74, 6) is 0.945. The van der Waals surface area contributed by atoms with Gasteiger partial charge in [0.1, 0.15) is 5.52 Å². The molecule has 1 saturated heterocycles. The highest BCUT2D eigenvalue weighted by molar-refractivity contribution is 5.68. The van der Waals surface area contributed by atoms with Crippen molar-refractivity contribution in [3.8, 4) is 0 Å². The van der Waals surface area contributed by atoms with Crippen LogP contribution in [0.25, 0.3) is 5.52 Å². The second-order valence-corrected chi connectivity index (χ2v) is 6.00. The number of methoxy groups -OCH3 is 1. The fourth-order valence-electron chi connectivity index (χ4n) is 3.08. The van der Waals surface area contributed by atoms with E-state index in [1.807, 2.05) is 23.8 Å². The first-order valence-corrected chi connectivity index (χ1v) is 8.05. The number of rotatable bonds is 6. The molecule has 3 rings (SSSR count). The summed E-state index contributed by atoms with van der Waals surface area (Å²) in [4.78, 5) is 7.01. The molecule has 0 radical (unpaired) electrons. The van der Waals surface area contributed by atoms with E-state index in [1.54, 1.807) is 7.11 Å². The van der Waals surface area contributed by atoms with Gasteiger partial charge in [0, 0.05) is 51.8 Å². The first-order chi connectivity index (χ1) is 10.8. The summed E-state index contributed by atoms with van der Waals surface area (Å²) in [6.45, 7) is 6.28. The molecule has 2 aromatic heterocycles. The Kier molecular flexibility index (Phi) is 4.90. The van der Waals surface area contributed by atoms with Crippen LogP contribution >= 0.6 is 0 Å². The number of aromatic nitrogens is 3. The second-order valence-electron chi connectivity index (χ2n) is 6.00. The van der Waals surface area contributed by atoms with Crippen LogP contribution in [0.15, 0.2) is 18.5 Å². The molecule has 2 aromatic rings. The zero-order valence-electron chi connectivity index (χ0n) is 13.5. The predicted molar refractivity (Wildman–Crippen MR) is 87.3 cm³/mol. The smallest absolute Gasteiger partial charge is 0.152 e. The van der Waals surface area contributed by atoms with Gasteiger partial charge in [0.05, 0.1) is 5.69 Å². The highest BCUT2D eigenvalue weighted by atomic mass is 16.5. The van der Waals surface area contributed by atoms with Crippen LogP contribution in [0.2, 0.25) is 0 Å². The molecule has 0 unspecified atom stereocenters. The Morgan fingerprint density at radius 2 is 2.18 bits per heavy atom. The van der Waals surface area contributed by atoms with E-state index in [1.165, 1.54) is 0 Å². The van der Waals surface area contributed by atoms with E-state index in [4.69, 9.17) is 4.74 Å². The van der Waals surface area contributed by atoms with Gasteiger partial charge in [0.2, 0.25) is 0 Å². The number of likely N-dealkylation sites (tertiary alicyclic amines) is 1. The van der Waals surface area contributed by atoms with Crippen LogP contribution in [-0.4, -0.2) is 58.9 Å². The molecule has 0 saturated carbocycles. The molecule has 120 valence electrons. The number of ether oxygens (including phenoxy) is 1. The van der Waals surface area contributed by atoms with Gasteiger partial charge < -0.3 is 15.0 Å². The molecule has 1 aliphatic rings. The molecule has 6 nitrogen and oxygen atoms in total. The van der Waals surface area contributed by atoms with Crippen molar-refractivity contribution in [1.82, 2.24) is 19.5 Å². The monoisotopic (exact) mass is 303 g/mol. The van der Waals surface area contributed by atoms with Crippen molar-refractivity contribution in [1.29, 1.82) is 0 Å². The normalized spacial score (nSPS) is 17.2. The maximum Gasteiger partial charge on any atom is 0.152 e. The van der Waals surface area contributed by atoms with Gasteiger partial charge >= 0.3 is 0 Å². The maximum atomic E-state index is 5.12. The van der Waals surface area contributed by atoms with E-state index in [-0.39, 0.29) is 0 Å². The highest BCUT2D eigenvalue weighted by Crippen LogP contribution is 2.19. The molecule has 0 amide bonds. The number of piperidine rings is 1. The van der Waals surface area contributed by atoms with Gasteiger partial charge in [-0.2, -0.15) is 5.10 Å². The summed E-state index contributed by atoms with van der Waals surface area (Å²) < 4.78 is 7.01. The van der Waals surface area contributed by atoms with Crippen LogP contribution in [0, 0.1) is 6.92 Å². The van der Waals surface area contributed by atoms with E-state index >= 15 is 0 Å². The van der Waals surface area contributed by atoms with Crippen LogP contribution in [0.1, 0.15) is 25.0 Å². The summed E-state index contributed by atoms with van der Waals surface area (Å²) >= 11 is 0. The van der Waals surface area contributed by atoms with E-state index in [9.17, 15) is 0 Å². The fourth-order valence-corrected chi connectivity index (χ4v) is 3.08. The maximum absolute atomic E-state index is 5.12. The Balaban J connectivity index is 1.56.